The summed E-state index contributed by atoms with van der Waals surface area (Å²) in [6.07, 6.45) is 5.28. The smallest absolute Gasteiger partial charge is 0.0595 e. The summed E-state index contributed by atoms with van der Waals surface area (Å²) in [5.74, 6) is 0.450. The van der Waals surface area contributed by atoms with Gasteiger partial charge in [0.25, 0.3) is 0 Å². The van der Waals surface area contributed by atoms with Gasteiger partial charge in [0.1, 0.15) is 0 Å². The SMILES string of the molecule is CC(C)c1ccc(-c2cncc(Cl)c2)cn1. The Hall–Kier alpha value is -1.41. The predicted octanol–water partition coefficient (Wildman–Crippen LogP) is 3.92. The molecule has 82 valence electrons. The van der Waals surface area contributed by atoms with E-state index < -0.39 is 0 Å². The molecule has 0 spiro atoms. The maximum absolute atomic E-state index is 5.89. The molecular weight excluding hydrogens is 220 g/mol. The Bertz CT molecular complexity index is 478. The highest BCUT2D eigenvalue weighted by atomic mass is 35.5. The van der Waals surface area contributed by atoms with E-state index in [1.807, 2.05) is 18.3 Å². The highest BCUT2D eigenvalue weighted by Crippen LogP contribution is 2.22. The fourth-order valence-corrected chi connectivity index (χ4v) is 1.66. The van der Waals surface area contributed by atoms with Crippen LogP contribution in [-0.4, -0.2) is 9.97 Å². The van der Waals surface area contributed by atoms with Gasteiger partial charge >= 0.3 is 0 Å². The van der Waals surface area contributed by atoms with Crippen LogP contribution in [0.15, 0.2) is 36.8 Å². The lowest BCUT2D eigenvalue weighted by atomic mass is 10.1. The van der Waals surface area contributed by atoms with Gasteiger partial charge < -0.3 is 0 Å². The standard InChI is InChI=1S/C13H13ClN2/c1-9(2)13-4-3-10(7-16-13)11-5-12(14)8-15-6-11/h3-9H,1-2H3. The van der Waals surface area contributed by atoms with Gasteiger partial charge in [-0.1, -0.05) is 31.5 Å². The Morgan fingerprint density at radius 3 is 2.44 bits per heavy atom. The Labute approximate surface area is 100 Å². The summed E-state index contributed by atoms with van der Waals surface area (Å²) in [7, 11) is 0. The van der Waals surface area contributed by atoms with E-state index in [1.165, 1.54) is 0 Å². The highest BCUT2D eigenvalue weighted by Gasteiger charge is 2.02. The molecule has 0 unspecified atom stereocenters. The molecule has 0 saturated heterocycles. The molecule has 2 heterocycles. The molecule has 0 aliphatic rings. The zero-order valence-corrected chi connectivity index (χ0v) is 10.1. The zero-order valence-electron chi connectivity index (χ0n) is 9.31. The lowest BCUT2D eigenvalue weighted by molar-refractivity contribution is 0.823. The van der Waals surface area contributed by atoms with Crippen molar-refractivity contribution in [3.63, 3.8) is 0 Å². The molecule has 0 atom stereocenters. The van der Waals surface area contributed by atoms with Crippen molar-refractivity contribution in [2.45, 2.75) is 19.8 Å². The van der Waals surface area contributed by atoms with E-state index in [1.54, 1.807) is 12.4 Å². The number of pyridine rings is 2. The average Bonchev–Trinajstić information content (AvgIpc) is 2.29. The van der Waals surface area contributed by atoms with Gasteiger partial charge in [0.15, 0.2) is 0 Å². The first-order valence-electron chi connectivity index (χ1n) is 5.23. The van der Waals surface area contributed by atoms with E-state index in [2.05, 4.69) is 29.9 Å². The fraction of sp³-hybridized carbons (Fsp3) is 0.231. The van der Waals surface area contributed by atoms with Crippen LogP contribution >= 0.6 is 11.6 Å². The summed E-state index contributed by atoms with van der Waals surface area (Å²) < 4.78 is 0. The van der Waals surface area contributed by atoms with Crippen LogP contribution in [0.5, 0.6) is 0 Å². The largest absolute Gasteiger partial charge is 0.263 e. The molecule has 3 heteroatoms. The minimum absolute atomic E-state index is 0.450. The number of rotatable bonds is 2. The van der Waals surface area contributed by atoms with Crippen LogP contribution < -0.4 is 0 Å². The van der Waals surface area contributed by atoms with Gasteiger partial charge in [0.2, 0.25) is 0 Å². The lowest BCUT2D eigenvalue weighted by Gasteiger charge is -2.05. The highest BCUT2D eigenvalue weighted by molar-refractivity contribution is 6.30. The molecule has 0 aromatic carbocycles. The van der Waals surface area contributed by atoms with E-state index in [-0.39, 0.29) is 0 Å². The third kappa shape index (κ3) is 2.39. The molecule has 2 aromatic rings. The molecule has 0 aliphatic heterocycles. The third-order valence-electron chi connectivity index (χ3n) is 2.42. The van der Waals surface area contributed by atoms with Crippen molar-refractivity contribution in [2.75, 3.05) is 0 Å². The second-order valence-electron chi connectivity index (χ2n) is 4.02. The van der Waals surface area contributed by atoms with Crippen molar-refractivity contribution in [2.24, 2.45) is 0 Å². The van der Waals surface area contributed by atoms with Crippen LogP contribution in [0.4, 0.5) is 0 Å². The minimum Gasteiger partial charge on any atom is -0.263 e. The summed E-state index contributed by atoms with van der Waals surface area (Å²) in [5.41, 5.74) is 3.13. The molecule has 0 aliphatic carbocycles. The summed E-state index contributed by atoms with van der Waals surface area (Å²) in [6.45, 7) is 4.26. The summed E-state index contributed by atoms with van der Waals surface area (Å²) in [6, 6.07) is 5.98. The fourth-order valence-electron chi connectivity index (χ4n) is 1.49. The van der Waals surface area contributed by atoms with Gasteiger partial charge in [-0.15, -0.1) is 0 Å². The van der Waals surface area contributed by atoms with Gasteiger partial charge in [-0.25, -0.2) is 0 Å². The average molecular weight is 233 g/mol. The van der Waals surface area contributed by atoms with Gasteiger partial charge in [0.05, 0.1) is 5.02 Å². The van der Waals surface area contributed by atoms with Crippen LogP contribution in [0.2, 0.25) is 5.02 Å². The minimum atomic E-state index is 0.450. The Morgan fingerprint density at radius 2 is 1.88 bits per heavy atom. The van der Waals surface area contributed by atoms with Crippen molar-refractivity contribution in [1.82, 2.24) is 9.97 Å². The van der Waals surface area contributed by atoms with Gasteiger partial charge in [0, 0.05) is 35.4 Å². The normalized spacial score (nSPS) is 10.8. The molecule has 2 nitrogen and oxygen atoms in total. The van der Waals surface area contributed by atoms with Crippen LogP contribution in [0, 0.1) is 0 Å². The number of halogens is 1. The molecule has 2 aromatic heterocycles. The van der Waals surface area contributed by atoms with Crippen LogP contribution in [0.25, 0.3) is 11.1 Å². The molecule has 2 rings (SSSR count). The molecule has 0 radical (unpaired) electrons. The second-order valence-corrected chi connectivity index (χ2v) is 4.45. The van der Waals surface area contributed by atoms with E-state index in [9.17, 15) is 0 Å². The first kappa shape index (κ1) is 11.1. The summed E-state index contributed by atoms with van der Waals surface area (Å²) in [4.78, 5) is 8.47. The Balaban J connectivity index is 2.35. The van der Waals surface area contributed by atoms with Gasteiger partial charge in [-0.2, -0.15) is 0 Å². The molecule has 0 fully saturated rings. The van der Waals surface area contributed by atoms with Crippen molar-refractivity contribution in [3.05, 3.63) is 47.5 Å². The van der Waals surface area contributed by atoms with E-state index in [4.69, 9.17) is 11.6 Å². The van der Waals surface area contributed by atoms with Crippen molar-refractivity contribution in [1.29, 1.82) is 0 Å². The van der Waals surface area contributed by atoms with Crippen LogP contribution in [0.1, 0.15) is 25.5 Å². The van der Waals surface area contributed by atoms with Crippen LogP contribution in [0.3, 0.4) is 0 Å². The maximum Gasteiger partial charge on any atom is 0.0595 e. The number of aromatic nitrogens is 2. The summed E-state index contributed by atoms with van der Waals surface area (Å²) in [5, 5.41) is 0.644. The molecule has 0 saturated carbocycles. The number of hydrogen-bond acceptors (Lipinski definition) is 2. The number of hydrogen-bond donors (Lipinski definition) is 0. The molecule has 16 heavy (non-hydrogen) atoms. The Kier molecular flexibility index (Phi) is 3.20. The van der Waals surface area contributed by atoms with E-state index in [0.717, 1.165) is 16.8 Å². The topological polar surface area (TPSA) is 25.8 Å². The zero-order chi connectivity index (χ0) is 11.5. The van der Waals surface area contributed by atoms with Crippen LogP contribution in [-0.2, 0) is 0 Å². The maximum atomic E-state index is 5.89. The third-order valence-corrected chi connectivity index (χ3v) is 2.62. The first-order valence-corrected chi connectivity index (χ1v) is 5.61. The number of nitrogens with zero attached hydrogens (tertiary/aromatic N) is 2. The lowest BCUT2D eigenvalue weighted by Crippen LogP contribution is -1.92. The molecule has 0 N–H and O–H groups in total. The van der Waals surface area contributed by atoms with E-state index >= 15 is 0 Å². The predicted molar refractivity (Wildman–Crippen MR) is 66.6 cm³/mol. The van der Waals surface area contributed by atoms with E-state index in [0.29, 0.717) is 10.9 Å². The second kappa shape index (κ2) is 4.62. The van der Waals surface area contributed by atoms with Gasteiger partial charge in [-0.05, 0) is 18.1 Å². The first-order chi connectivity index (χ1) is 7.66. The van der Waals surface area contributed by atoms with Crippen molar-refractivity contribution < 1.29 is 0 Å². The van der Waals surface area contributed by atoms with Crippen molar-refractivity contribution >= 4 is 11.6 Å². The van der Waals surface area contributed by atoms with Gasteiger partial charge in [-0.3, -0.25) is 9.97 Å². The molecular formula is C13H13ClN2. The Morgan fingerprint density at radius 1 is 1.06 bits per heavy atom. The summed E-state index contributed by atoms with van der Waals surface area (Å²) >= 11 is 5.89. The molecule has 0 amide bonds. The quantitative estimate of drug-likeness (QED) is 0.784. The van der Waals surface area contributed by atoms with Crippen molar-refractivity contribution in [3.8, 4) is 11.1 Å². The molecule has 0 bridgehead atoms. The monoisotopic (exact) mass is 232 g/mol.